The van der Waals surface area contributed by atoms with Crippen LogP contribution in [0.15, 0.2) is 96.0 Å². The summed E-state index contributed by atoms with van der Waals surface area (Å²) in [7, 11) is 1.91. The van der Waals surface area contributed by atoms with E-state index in [2.05, 4.69) is 4.99 Å². The Morgan fingerprint density at radius 2 is 1.41 bits per heavy atom. The number of para-hydroxylation sites is 1. The average molecular weight is 352 g/mol. The number of carbonyl (C=O) groups is 1. The van der Waals surface area contributed by atoms with E-state index in [1.165, 1.54) is 6.21 Å². The molecule has 3 nitrogen and oxygen atoms in total. The number of aryl methyl sites for hydroxylation is 1. The topological polar surface area (TPSA) is 34.4 Å². The van der Waals surface area contributed by atoms with Gasteiger partial charge in [-0.05, 0) is 23.3 Å². The molecule has 1 aromatic heterocycles. The van der Waals surface area contributed by atoms with Gasteiger partial charge in [-0.2, -0.15) is 0 Å². The van der Waals surface area contributed by atoms with Gasteiger partial charge < -0.3 is 4.57 Å². The van der Waals surface area contributed by atoms with Crippen LogP contribution >= 0.6 is 0 Å². The summed E-state index contributed by atoms with van der Waals surface area (Å²) in [6.45, 7) is 0. The van der Waals surface area contributed by atoms with Gasteiger partial charge in [-0.3, -0.25) is 9.79 Å². The number of aliphatic imine (C=N–C) groups is 1. The van der Waals surface area contributed by atoms with Crippen molar-refractivity contribution in [3.8, 4) is 0 Å². The quantitative estimate of drug-likeness (QED) is 0.358. The lowest BCUT2D eigenvalue weighted by molar-refractivity contribution is 0.106. The molecule has 0 radical (unpaired) electrons. The van der Waals surface area contributed by atoms with Crippen molar-refractivity contribution in [3.05, 3.63) is 108 Å². The molecule has 27 heavy (non-hydrogen) atoms. The van der Waals surface area contributed by atoms with Crippen molar-refractivity contribution in [1.29, 1.82) is 0 Å². The largest absolute Gasteiger partial charge is 0.341 e. The molecular weight excluding hydrogens is 332 g/mol. The zero-order chi connectivity index (χ0) is 18.6. The maximum absolute atomic E-state index is 12.8. The molecule has 0 aliphatic rings. The summed E-state index contributed by atoms with van der Waals surface area (Å²) in [4.78, 5) is 17.5. The molecule has 0 amide bonds. The Kier molecular flexibility index (Phi) is 4.67. The molecule has 4 aromatic rings. The van der Waals surface area contributed by atoms with Crippen molar-refractivity contribution in [2.24, 2.45) is 12.0 Å². The van der Waals surface area contributed by atoms with Crippen LogP contribution in [0.25, 0.3) is 10.9 Å². The summed E-state index contributed by atoms with van der Waals surface area (Å²) in [5, 5.41) is 1.06. The van der Waals surface area contributed by atoms with Crippen molar-refractivity contribution in [2.75, 3.05) is 0 Å². The van der Waals surface area contributed by atoms with E-state index in [4.69, 9.17) is 0 Å². The fourth-order valence-electron chi connectivity index (χ4n) is 3.37. The van der Waals surface area contributed by atoms with Crippen LogP contribution in [0.3, 0.4) is 0 Å². The molecule has 0 unspecified atom stereocenters. The van der Waals surface area contributed by atoms with Crippen LogP contribution in [-0.4, -0.2) is 16.6 Å². The van der Waals surface area contributed by atoms with Crippen LogP contribution in [-0.2, 0) is 7.05 Å². The molecule has 0 saturated heterocycles. The minimum absolute atomic E-state index is 0.0921. The average Bonchev–Trinajstić information content (AvgIpc) is 3.07. The number of hydrogen-bond donors (Lipinski definition) is 0. The number of benzene rings is 3. The van der Waals surface area contributed by atoms with Gasteiger partial charge in [0.05, 0.1) is 11.9 Å². The minimum Gasteiger partial charge on any atom is -0.341 e. The van der Waals surface area contributed by atoms with E-state index in [-0.39, 0.29) is 11.8 Å². The van der Waals surface area contributed by atoms with E-state index in [1.807, 2.05) is 103 Å². The zero-order valence-corrected chi connectivity index (χ0v) is 15.1. The van der Waals surface area contributed by atoms with Crippen molar-refractivity contribution < 1.29 is 4.79 Å². The highest BCUT2D eigenvalue weighted by atomic mass is 16.1. The molecule has 3 heteroatoms. The first kappa shape index (κ1) is 17.0. The molecule has 132 valence electrons. The molecule has 0 aliphatic heterocycles. The van der Waals surface area contributed by atoms with Crippen LogP contribution in [0.1, 0.15) is 27.7 Å². The number of hydrogen-bond acceptors (Lipinski definition) is 2. The van der Waals surface area contributed by atoms with E-state index < -0.39 is 0 Å². The standard InChI is InChI=1S/C24H20N2O/c1-26-21-15-9-8-14-20(21)16-22(26)23(27)17-25-24(18-10-4-2-5-11-18)19-12-6-3-7-13-19/h2-17,24H,1H3. The lowest BCUT2D eigenvalue weighted by Crippen LogP contribution is -2.08. The molecule has 1 heterocycles. The summed E-state index contributed by atoms with van der Waals surface area (Å²) >= 11 is 0. The van der Waals surface area contributed by atoms with Crippen LogP contribution in [0.4, 0.5) is 0 Å². The molecule has 0 N–H and O–H groups in total. The SMILES string of the molecule is Cn1c(C(=O)C=NC(c2ccccc2)c2ccccc2)cc2ccccc21. The van der Waals surface area contributed by atoms with Crippen LogP contribution in [0, 0.1) is 0 Å². The molecule has 0 fully saturated rings. The maximum atomic E-state index is 12.8. The van der Waals surface area contributed by atoms with Gasteiger partial charge in [-0.15, -0.1) is 0 Å². The van der Waals surface area contributed by atoms with E-state index in [0.717, 1.165) is 22.0 Å². The number of carbonyl (C=O) groups excluding carboxylic acids is 1. The zero-order valence-electron chi connectivity index (χ0n) is 15.1. The highest BCUT2D eigenvalue weighted by Gasteiger charge is 2.15. The number of aromatic nitrogens is 1. The van der Waals surface area contributed by atoms with Gasteiger partial charge in [-0.25, -0.2) is 0 Å². The number of nitrogens with zero attached hydrogens (tertiary/aromatic N) is 2. The van der Waals surface area contributed by atoms with E-state index in [0.29, 0.717) is 5.69 Å². The predicted molar refractivity (Wildman–Crippen MR) is 110 cm³/mol. The second kappa shape index (κ2) is 7.42. The maximum Gasteiger partial charge on any atom is 0.219 e. The fraction of sp³-hybridized carbons (Fsp3) is 0.0833. The second-order valence-corrected chi connectivity index (χ2v) is 6.51. The third kappa shape index (κ3) is 3.44. The van der Waals surface area contributed by atoms with Crippen molar-refractivity contribution >= 4 is 22.9 Å². The number of fused-ring (bicyclic) bond motifs is 1. The Morgan fingerprint density at radius 3 is 2.00 bits per heavy atom. The number of rotatable bonds is 5. The van der Waals surface area contributed by atoms with Gasteiger partial charge in [0, 0.05) is 18.0 Å². The molecule has 0 atom stereocenters. The molecule has 4 rings (SSSR count). The lowest BCUT2D eigenvalue weighted by atomic mass is 9.99. The summed E-state index contributed by atoms with van der Waals surface area (Å²) < 4.78 is 1.92. The fourth-order valence-corrected chi connectivity index (χ4v) is 3.37. The second-order valence-electron chi connectivity index (χ2n) is 6.51. The normalized spacial score (nSPS) is 11.5. The molecule has 0 saturated carbocycles. The van der Waals surface area contributed by atoms with E-state index in [1.54, 1.807) is 0 Å². The Bertz CT molecular complexity index is 1060. The van der Waals surface area contributed by atoms with Crippen LogP contribution in [0.2, 0.25) is 0 Å². The Labute approximate surface area is 158 Å². The van der Waals surface area contributed by atoms with Crippen LogP contribution < -0.4 is 0 Å². The number of ketones is 1. The molecule has 0 spiro atoms. The van der Waals surface area contributed by atoms with E-state index >= 15 is 0 Å². The monoisotopic (exact) mass is 352 g/mol. The first-order valence-corrected chi connectivity index (χ1v) is 8.96. The van der Waals surface area contributed by atoms with Gasteiger partial charge in [0.2, 0.25) is 5.78 Å². The summed E-state index contributed by atoms with van der Waals surface area (Å²) in [6, 6.07) is 29.8. The highest BCUT2D eigenvalue weighted by molar-refractivity contribution is 6.35. The van der Waals surface area contributed by atoms with E-state index in [9.17, 15) is 4.79 Å². The first-order chi connectivity index (χ1) is 13.2. The third-order valence-electron chi connectivity index (χ3n) is 4.78. The summed E-state index contributed by atoms with van der Waals surface area (Å²) in [6.07, 6.45) is 1.46. The molecule has 0 bridgehead atoms. The Morgan fingerprint density at radius 1 is 0.852 bits per heavy atom. The summed E-state index contributed by atoms with van der Waals surface area (Å²) in [5.74, 6) is -0.0921. The van der Waals surface area contributed by atoms with Gasteiger partial charge >= 0.3 is 0 Å². The van der Waals surface area contributed by atoms with Crippen molar-refractivity contribution in [2.45, 2.75) is 6.04 Å². The van der Waals surface area contributed by atoms with Gasteiger partial charge in [0.1, 0.15) is 6.04 Å². The molecule has 3 aromatic carbocycles. The molecule has 0 aliphatic carbocycles. The van der Waals surface area contributed by atoms with Gasteiger partial charge in [-0.1, -0.05) is 78.9 Å². The number of Topliss-reactive ketones (excluding diaryl/α,β-unsaturated/α-hetero) is 1. The Balaban J connectivity index is 1.69. The smallest absolute Gasteiger partial charge is 0.219 e. The van der Waals surface area contributed by atoms with Gasteiger partial charge in [0.15, 0.2) is 0 Å². The predicted octanol–water partition coefficient (Wildman–Crippen LogP) is 5.22. The molecular formula is C24H20N2O. The highest BCUT2D eigenvalue weighted by Crippen LogP contribution is 2.26. The first-order valence-electron chi connectivity index (χ1n) is 8.96. The Hall–Kier alpha value is -3.46. The van der Waals surface area contributed by atoms with Crippen molar-refractivity contribution in [3.63, 3.8) is 0 Å². The van der Waals surface area contributed by atoms with Crippen molar-refractivity contribution in [1.82, 2.24) is 4.57 Å². The lowest BCUT2D eigenvalue weighted by Gasteiger charge is -2.13. The minimum atomic E-state index is -0.203. The van der Waals surface area contributed by atoms with Gasteiger partial charge in [0.25, 0.3) is 0 Å². The third-order valence-corrected chi connectivity index (χ3v) is 4.78. The summed E-state index contributed by atoms with van der Waals surface area (Å²) in [5.41, 5.74) is 3.80. The van der Waals surface area contributed by atoms with Crippen LogP contribution in [0.5, 0.6) is 0 Å².